The molecule has 6 heteroatoms. The summed E-state index contributed by atoms with van der Waals surface area (Å²) >= 11 is 0. The average Bonchev–Trinajstić information content (AvgIpc) is 3.15. The van der Waals surface area contributed by atoms with Crippen molar-refractivity contribution in [2.45, 2.75) is 13.5 Å². The molecular formula is C20H19NO5. The molecule has 0 aliphatic rings. The molecular weight excluding hydrogens is 334 g/mol. The topological polar surface area (TPSA) is 70.8 Å². The lowest BCUT2D eigenvalue weighted by Gasteiger charge is -2.10. The first-order chi connectivity index (χ1) is 12.6. The summed E-state index contributed by atoms with van der Waals surface area (Å²) in [5.74, 6) is 2.30. The van der Waals surface area contributed by atoms with Crippen molar-refractivity contribution in [3.8, 4) is 28.5 Å². The third-order valence-electron chi connectivity index (χ3n) is 3.88. The summed E-state index contributed by atoms with van der Waals surface area (Å²) in [5.41, 5.74) is 2.09. The Bertz CT molecular complexity index is 899. The maximum absolute atomic E-state index is 11.8. The van der Waals surface area contributed by atoms with Crippen LogP contribution in [0, 0.1) is 0 Å². The van der Waals surface area contributed by atoms with Crippen LogP contribution < -0.4 is 14.2 Å². The number of methoxy groups -OCH3 is 2. The molecule has 0 N–H and O–H groups in total. The fourth-order valence-corrected chi connectivity index (χ4v) is 2.47. The summed E-state index contributed by atoms with van der Waals surface area (Å²) < 4.78 is 21.4. The number of Topliss-reactive ketones (excluding diaryl/α,β-unsaturated/α-hetero) is 1. The van der Waals surface area contributed by atoms with E-state index < -0.39 is 0 Å². The van der Waals surface area contributed by atoms with E-state index in [2.05, 4.69) is 5.16 Å². The number of aromatic nitrogens is 1. The van der Waals surface area contributed by atoms with E-state index in [1.54, 1.807) is 38.5 Å². The van der Waals surface area contributed by atoms with Gasteiger partial charge in [-0.2, -0.15) is 0 Å². The molecule has 0 unspecified atom stereocenters. The van der Waals surface area contributed by atoms with Crippen LogP contribution in [0.2, 0.25) is 0 Å². The number of hydrogen-bond donors (Lipinski definition) is 0. The Labute approximate surface area is 151 Å². The highest BCUT2D eigenvalue weighted by Crippen LogP contribution is 2.27. The van der Waals surface area contributed by atoms with Crippen molar-refractivity contribution < 1.29 is 23.5 Å². The zero-order valence-electron chi connectivity index (χ0n) is 14.8. The third-order valence-corrected chi connectivity index (χ3v) is 3.88. The second kappa shape index (κ2) is 7.74. The minimum absolute atomic E-state index is 0.0841. The Hall–Kier alpha value is -3.28. The molecule has 0 saturated heterocycles. The SMILES string of the molecule is COc1ccc(-c2cc(COc3cc(OC)ccc3C(C)=O)on2)cc1. The standard InChI is InChI=1S/C20H19NO5/c1-13(22)18-9-8-16(24-3)11-20(18)25-12-17-10-19(21-26-17)14-4-6-15(23-2)7-5-14/h4-11H,12H2,1-3H3. The molecule has 0 bridgehead atoms. The lowest BCUT2D eigenvalue weighted by Crippen LogP contribution is -2.01. The first-order valence-electron chi connectivity index (χ1n) is 8.02. The van der Waals surface area contributed by atoms with Crippen molar-refractivity contribution in [3.05, 3.63) is 59.9 Å². The maximum atomic E-state index is 11.8. The smallest absolute Gasteiger partial charge is 0.174 e. The van der Waals surface area contributed by atoms with E-state index in [9.17, 15) is 4.79 Å². The van der Waals surface area contributed by atoms with E-state index in [1.165, 1.54) is 6.92 Å². The van der Waals surface area contributed by atoms with Gasteiger partial charge in [-0.25, -0.2) is 0 Å². The molecule has 0 amide bonds. The van der Waals surface area contributed by atoms with Crippen LogP contribution in [-0.4, -0.2) is 25.2 Å². The third kappa shape index (κ3) is 3.85. The minimum atomic E-state index is -0.0841. The lowest BCUT2D eigenvalue weighted by atomic mass is 10.1. The molecule has 6 nitrogen and oxygen atoms in total. The molecule has 1 aromatic heterocycles. The number of hydrogen-bond acceptors (Lipinski definition) is 6. The first kappa shape index (κ1) is 17.5. The summed E-state index contributed by atoms with van der Waals surface area (Å²) in [6, 6.07) is 14.4. The Morgan fingerprint density at radius 2 is 1.69 bits per heavy atom. The summed E-state index contributed by atoms with van der Waals surface area (Å²) in [5, 5.41) is 4.06. The van der Waals surface area contributed by atoms with Gasteiger partial charge >= 0.3 is 0 Å². The summed E-state index contributed by atoms with van der Waals surface area (Å²) in [7, 11) is 3.18. The fourth-order valence-electron chi connectivity index (χ4n) is 2.47. The molecule has 3 aromatic rings. The van der Waals surface area contributed by atoms with E-state index in [-0.39, 0.29) is 12.4 Å². The highest BCUT2D eigenvalue weighted by Gasteiger charge is 2.12. The van der Waals surface area contributed by atoms with Crippen molar-refractivity contribution in [2.24, 2.45) is 0 Å². The molecule has 0 aliphatic carbocycles. The predicted octanol–water partition coefficient (Wildman–Crippen LogP) is 4.14. The maximum Gasteiger partial charge on any atom is 0.174 e. The molecule has 26 heavy (non-hydrogen) atoms. The van der Waals surface area contributed by atoms with E-state index >= 15 is 0 Å². The average molecular weight is 353 g/mol. The zero-order chi connectivity index (χ0) is 18.5. The van der Waals surface area contributed by atoms with Gasteiger partial charge in [0.15, 0.2) is 11.5 Å². The molecule has 3 rings (SSSR count). The van der Waals surface area contributed by atoms with Gasteiger partial charge in [-0.15, -0.1) is 0 Å². The van der Waals surface area contributed by atoms with Crippen LogP contribution in [0.15, 0.2) is 53.1 Å². The van der Waals surface area contributed by atoms with Gasteiger partial charge in [-0.3, -0.25) is 4.79 Å². The van der Waals surface area contributed by atoms with Gasteiger partial charge in [-0.05, 0) is 43.3 Å². The minimum Gasteiger partial charge on any atom is -0.497 e. The van der Waals surface area contributed by atoms with E-state index in [4.69, 9.17) is 18.7 Å². The number of benzene rings is 2. The van der Waals surface area contributed by atoms with Crippen LogP contribution in [0.3, 0.4) is 0 Å². The molecule has 134 valence electrons. The number of ether oxygens (including phenoxy) is 3. The van der Waals surface area contributed by atoms with Crippen LogP contribution >= 0.6 is 0 Å². The van der Waals surface area contributed by atoms with Crippen molar-refractivity contribution in [1.82, 2.24) is 5.16 Å². The quantitative estimate of drug-likeness (QED) is 0.595. The molecule has 2 aromatic carbocycles. The second-order valence-corrected chi connectivity index (χ2v) is 5.61. The largest absolute Gasteiger partial charge is 0.497 e. The number of carbonyl (C=O) groups is 1. The monoisotopic (exact) mass is 353 g/mol. The normalized spacial score (nSPS) is 10.4. The molecule has 0 aliphatic heterocycles. The van der Waals surface area contributed by atoms with Crippen molar-refractivity contribution in [3.63, 3.8) is 0 Å². The van der Waals surface area contributed by atoms with Crippen LogP contribution in [0.25, 0.3) is 11.3 Å². The van der Waals surface area contributed by atoms with E-state index in [0.29, 0.717) is 28.5 Å². The summed E-state index contributed by atoms with van der Waals surface area (Å²) in [6.07, 6.45) is 0. The Morgan fingerprint density at radius 3 is 2.35 bits per heavy atom. The number of ketones is 1. The van der Waals surface area contributed by atoms with Crippen LogP contribution in [0.1, 0.15) is 23.0 Å². The second-order valence-electron chi connectivity index (χ2n) is 5.61. The van der Waals surface area contributed by atoms with Gasteiger partial charge in [0.25, 0.3) is 0 Å². The molecule has 1 heterocycles. The fraction of sp³-hybridized carbons (Fsp3) is 0.200. The predicted molar refractivity (Wildman–Crippen MR) is 95.8 cm³/mol. The van der Waals surface area contributed by atoms with Crippen molar-refractivity contribution in [2.75, 3.05) is 14.2 Å². The van der Waals surface area contributed by atoms with Crippen molar-refractivity contribution in [1.29, 1.82) is 0 Å². The Balaban J connectivity index is 1.74. The van der Waals surface area contributed by atoms with Gasteiger partial charge in [0, 0.05) is 17.7 Å². The molecule has 0 spiro atoms. The molecule has 0 fully saturated rings. The highest BCUT2D eigenvalue weighted by molar-refractivity contribution is 5.97. The Morgan fingerprint density at radius 1 is 1.00 bits per heavy atom. The molecule has 0 saturated carbocycles. The number of rotatable bonds is 7. The zero-order valence-corrected chi connectivity index (χ0v) is 14.8. The van der Waals surface area contributed by atoms with Gasteiger partial charge in [0.1, 0.15) is 29.5 Å². The molecule has 0 atom stereocenters. The van der Waals surface area contributed by atoms with Gasteiger partial charge in [0.2, 0.25) is 0 Å². The lowest BCUT2D eigenvalue weighted by molar-refractivity contribution is 0.101. The first-order valence-corrected chi connectivity index (χ1v) is 8.02. The van der Waals surface area contributed by atoms with E-state index in [1.807, 2.05) is 24.3 Å². The Kier molecular flexibility index (Phi) is 5.22. The highest BCUT2D eigenvalue weighted by atomic mass is 16.5. The van der Waals surface area contributed by atoms with Gasteiger partial charge < -0.3 is 18.7 Å². The number of carbonyl (C=O) groups excluding carboxylic acids is 1. The summed E-state index contributed by atoms with van der Waals surface area (Å²) in [4.78, 5) is 11.8. The van der Waals surface area contributed by atoms with Crippen LogP contribution in [0.4, 0.5) is 0 Å². The van der Waals surface area contributed by atoms with Crippen LogP contribution in [-0.2, 0) is 6.61 Å². The summed E-state index contributed by atoms with van der Waals surface area (Å²) in [6.45, 7) is 1.64. The van der Waals surface area contributed by atoms with Gasteiger partial charge in [0.05, 0.1) is 19.8 Å². The van der Waals surface area contributed by atoms with E-state index in [0.717, 1.165) is 11.3 Å². The van der Waals surface area contributed by atoms with Crippen molar-refractivity contribution >= 4 is 5.78 Å². The van der Waals surface area contributed by atoms with Gasteiger partial charge in [-0.1, -0.05) is 5.16 Å². The number of nitrogens with zero attached hydrogens (tertiary/aromatic N) is 1. The molecule has 0 radical (unpaired) electrons. The van der Waals surface area contributed by atoms with Crippen LogP contribution in [0.5, 0.6) is 17.2 Å².